The molecule has 8 heteroatoms. The summed E-state index contributed by atoms with van der Waals surface area (Å²) in [5.74, 6) is 0.325. The zero-order chi connectivity index (χ0) is 18.4. The number of rotatable bonds is 6. The number of amides is 1. The number of anilines is 2. The number of aryl methyl sites for hydroxylation is 1. The van der Waals surface area contributed by atoms with Crippen LogP contribution in [0.3, 0.4) is 0 Å². The van der Waals surface area contributed by atoms with Crippen molar-refractivity contribution in [3.05, 3.63) is 46.9 Å². The molecule has 0 radical (unpaired) electrons. The molecule has 1 aromatic carbocycles. The van der Waals surface area contributed by atoms with Gasteiger partial charge in [-0.15, -0.1) is 0 Å². The summed E-state index contributed by atoms with van der Waals surface area (Å²) in [5.41, 5.74) is 2.12. The molecule has 0 aliphatic carbocycles. The van der Waals surface area contributed by atoms with Crippen LogP contribution in [0.15, 0.2) is 30.6 Å². The molecule has 1 aliphatic rings. The Labute approximate surface area is 157 Å². The second kappa shape index (κ2) is 8.93. The molecule has 1 aromatic heterocycles. The normalized spacial score (nSPS) is 14.8. The first-order valence-corrected chi connectivity index (χ1v) is 8.93. The Kier molecular flexibility index (Phi) is 6.38. The molecule has 2 heterocycles. The second-order valence-corrected chi connectivity index (χ2v) is 6.49. The van der Waals surface area contributed by atoms with Crippen LogP contribution in [-0.4, -0.2) is 60.2 Å². The summed E-state index contributed by atoms with van der Waals surface area (Å²) in [5, 5.41) is 6.66. The van der Waals surface area contributed by atoms with Gasteiger partial charge in [-0.2, -0.15) is 0 Å². The van der Waals surface area contributed by atoms with Gasteiger partial charge in [-0.1, -0.05) is 17.7 Å². The first-order valence-electron chi connectivity index (χ1n) is 8.55. The predicted octanol–water partition coefficient (Wildman–Crippen LogP) is 2.24. The van der Waals surface area contributed by atoms with Gasteiger partial charge in [-0.25, -0.2) is 9.97 Å². The van der Waals surface area contributed by atoms with Gasteiger partial charge in [0.25, 0.3) is 5.91 Å². The van der Waals surface area contributed by atoms with Crippen LogP contribution in [0.2, 0.25) is 5.02 Å². The third-order valence-corrected chi connectivity index (χ3v) is 4.55. The van der Waals surface area contributed by atoms with E-state index in [9.17, 15) is 4.79 Å². The van der Waals surface area contributed by atoms with Gasteiger partial charge >= 0.3 is 0 Å². The minimum absolute atomic E-state index is 0.226. The second-order valence-electron chi connectivity index (χ2n) is 6.09. The van der Waals surface area contributed by atoms with Crippen molar-refractivity contribution in [3.63, 3.8) is 0 Å². The Morgan fingerprint density at radius 2 is 2.08 bits per heavy atom. The highest BCUT2D eigenvalue weighted by atomic mass is 35.5. The fourth-order valence-electron chi connectivity index (χ4n) is 2.57. The maximum Gasteiger partial charge on any atom is 0.271 e. The number of carbonyl (C=O) groups excluding carboxylic acids is 1. The van der Waals surface area contributed by atoms with Crippen LogP contribution >= 0.6 is 11.6 Å². The van der Waals surface area contributed by atoms with E-state index in [0.29, 0.717) is 23.1 Å². The number of aromatic nitrogens is 2. The fourth-order valence-corrected chi connectivity index (χ4v) is 2.75. The average Bonchev–Trinajstić information content (AvgIpc) is 2.66. The maximum absolute atomic E-state index is 12.1. The van der Waals surface area contributed by atoms with Crippen molar-refractivity contribution in [2.45, 2.75) is 6.92 Å². The largest absolute Gasteiger partial charge is 0.379 e. The van der Waals surface area contributed by atoms with E-state index in [4.69, 9.17) is 16.3 Å². The van der Waals surface area contributed by atoms with E-state index in [0.717, 1.165) is 44.1 Å². The third-order valence-electron chi connectivity index (χ3n) is 4.15. The molecule has 138 valence electrons. The number of nitrogens with zero attached hydrogens (tertiary/aromatic N) is 3. The zero-order valence-corrected chi connectivity index (χ0v) is 15.4. The summed E-state index contributed by atoms with van der Waals surface area (Å²) in [6.07, 6.45) is 2.99. The molecule has 0 spiro atoms. The van der Waals surface area contributed by atoms with E-state index in [-0.39, 0.29) is 5.91 Å². The standard InChI is InChI=1S/C18H22ClN5O2/c1-13-2-3-14(10-15(13)19)23-17-12-21-16(11-22-17)18(25)20-4-5-24-6-8-26-9-7-24/h2-3,10-12H,4-9H2,1H3,(H,20,25)(H,22,23). The van der Waals surface area contributed by atoms with Crippen LogP contribution in [0, 0.1) is 6.92 Å². The fraction of sp³-hybridized carbons (Fsp3) is 0.389. The highest BCUT2D eigenvalue weighted by Crippen LogP contribution is 2.22. The molecule has 1 fully saturated rings. The molecule has 1 saturated heterocycles. The predicted molar refractivity (Wildman–Crippen MR) is 101 cm³/mol. The van der Waals surface area contributed by atoms with Gasteiger partial charge in [0.1, 0.15) is 11.5 Å². The Balaban J connectivity index is 1.49. The van der Waals surface area contributed by atoms with Crippen molar-refractivity contribution in [2.75, 3.05) is 44.7 Å². The monoisotopic (exact) mass is 375 g/mol. The van der Waals surface area contributed by atoms with Crippen LogP contribution in [0.4, 0.5) is 11.5 Å². The summed E-state index contributed by atoms with van der Waals surface area (Å²) in [4.78, 5) is 22.8. The number of nitrogens with one attached hydrogen (secondary N) is 2. The molecule has 0 unspecified atom stereocenters. The lowest BCUT2D eigenvalue weighted by Gasteiger charge is -2.26. The topological polar surface area (TPSA) is 79.4 Å². The minimum Gasteiger partial charge on any atom is -0.379 e. The average molecular weight is 376 g/mol. The Morgan fingerprint density at radius 1 is 1.27 bits per heavy atom. The van der Waals surface area contributed by atoms with Crippen molar-refractivity contribution in [2.24, 2.45) is 0 Å². The number of carbonyl (C=O) groups is 1. The number of hydrogen-bond donors (Lipinski definition) is 2. The molecular weight excluding hydrogens is 354 g/mol. The van der Waals surface area contributed by atoms with Crippen LogP contribution in [0.5, 0.6) is 0 Å². The number of hydrogen-bond acceptors (Lipinski definition) is 6. The van der Waals surface area contributed by atoms with Gasteiger partial charge in [0.2, 0.25) is 0 Å². The van der Waals surface area contributed by atoms with Crippen molar-refractivity contribution in [1.29, 1.82) is 0 Å². The SMILES string of the molecule is Cc1ccc(Nc2cnc(C(=O)NCCN3CCOCC3)cn2)cc1Cl. The molecule has 7 nitrogen and oxygen atoms in total. The van der Waals surface area contributed by atoms with Crippen LogP contribution < -0.4 is 10.6 Å². The molecule has 0 atom stereocenters. The highest BCUT2D eigenvalue weighted by molar-refractivity contribution is 6.31. The van der Waals surface area contributed by atoms with Crippen molar-refractivity contribution in [1.82, 2.24) is 20.2 Å². The van der Waals surface area contributed by atoms with E-state index in [1.54, 1.807) is 0 Å². The number of ether oxygens (including phenoxy) is 1. The van der Waals surface area contributed by atoms with Crippen LogP contribution in [0.1, 0.15) is 16.1 Å². The summed E-state index contributed by atoms with van der Waals surface area (Å²) in [6, 6.07) is 5.66. The van der Waals surface area contributed by atoms with Gasteiger partial charge in [0.15, 0.2) is 0 Å². The molecular formula is C18H22ClN5O2. The van der Waals surface area contributed by atoms with Crippen molar-refractivity contribution < 1.29 is 9.53 Å². The van der Waals surface area contributed by atoms with E-state index >= 15 is 0 Å². The van der Waals surface area contributed by atoms with Crippen molar-refractivity contribution >= 4 is 29.0 Å². The Morgan fingerprint density at radius 3 is 2.77 bits per heavy atom. The lowest BCUT2D eigenvalue weighted by Crippen LogP contribution is -2.41. The lowest BCUT2D eigenvalue weighted by molar-refractivity contribution is 0.0383. The smallest absolute Gasteiger partial charge is 0.271 e. The van der Waals surface area contributed by atoms with Gasteiger partial charge in [0.05, 0.1) is 25.6 Å². The van der Waals surface area contributed by atoms with E-state index in [2.05, 4.69) is 25.5 Å². The first kappa shape index (κ1) is 18.6. The van der Waals surface area contributed by atoms with Gasteiger partial charge in [0, 0.05) is 36.9 Å². The molecule has 26 heavy (non-hydrogen) atoms. The Bertz CT molecular complexity index is 748. The summed E-state index contributed by atoms with van der Waals surface area (Å²) in [7, 11) is 0. The van der Waals surface area contributed by atoms with E-state index in [1.165, 1.54) is 12.4 Å². The molecule has 2 aromatic rings. The number of benzene rings is 1. The lowest BCUT2D eigenvalue weighted by atomic mass is 10.2. The quantitative estimate of drug-likeness (QED) is 0.806. The highest BCUT2D eigenvalue weighted by Gasteiger charge is 2.12. The minimum atomic E-state index is -0.226. The Hall–Kier alpha value is -2.22. The first-order chi connectivity index (χ1) is 12.6. The van der Waals surface area contributed by atoms with Crippen LogP contribution in [0.25, 0.3) is 0 Å². The summed E-state index contributed by atoms with van der Waals surface area (Å²) >= 11 is 6.11. The zero-order valence-electron chi connectivity index (χ0n) is 14.7. The van der Waals surface area contributed by atoms with E-state index in [1.807, 2.05) is 25.1 Å². The third kappa shape index (κ3) is 5.14. The van der Waals surface area contributed by atoms with Gasteiger partial charge in [-0.3, -0.25) is 9.69 Å². The molecule has 0 saturated carbocycles. The maximum atomic E-state index is 12.1. The van der Waals surface area contributed by atoms with Crippen molar-refractivity contribution in [3.8, 4) is 0 Å². The number of morpholine rings is 1. The van der Waals surface area contributed by atoms with E-state index < -0.39 is 0 Å². The molecule has 2 N–H and O–H groups in total. The summed E-state index contributed by atoms with van der Waals surface area (Å²) < 4.78 is 5.30. The number of halogens is 1. The molecule has 1 amide bonds. The molecule has 1 aliphatic heterocycles. The van der Waals surface area contributed by atoms with Gasteiger partial charge < -0.3 is 15.4 Å². The van der Waals surface area contributed by atoms with Gasteiger partial charge in [-0.05, 0) is 24.6 Å². The van der Waals surface area contributed by atoms with Crippen LogP contribution in [-0.2, 0) is 4.74 Å². The summed E-state index contributed by atoms with van der Waals surface area (Å²) in [6.45, 7) is 6.62. The molecule has 3 rings (SSSR count). The molecule has 0 bridgehead atoms.